The highest BCUT2D eigenvalue weighted by Crippen LogP contribution is 2.25. The smallest absolute Gasteiger partial charge is 0.224 e. The molecule has 3 rings (SSSR count). The molecule has 3 aromatic rings. The summed E-state index contributed by atoms with van der Waals surface area (Å²) in [6.45, 7) is 2.52. The Labute approximate surface area is 170 Å². The van der Waals surface area contributed by atoms with E-state index in [-0.39, 0.29) is 5.91 Å². The number of carbonyl (C=O) groups excluding carboxylic acids is 1. The number of hydrogen-bond donors (Lipinski definition) is 2. The van der Waals surface area contributed by atoms with Gasteiger partial charge in [0.05, 0.1) is 18.0 Å². The first-order valence-electron chi connectivity index (χ1n) is 9.21. The van der Waals surface area contributed by atoms with Gasteiger partial charge >= 0.3 is 0 Å². The maximum atomic E-state index is 12.3. The third-order valence-corrected chi connectivity index (χ3v) is 4.41. The highest BCUT2D eigenvalue weighted by Gasteiger charge is 2.07. The van der Waals surface area contributed by atoms with Crippen molar-refractivity contribution in [3.8, 4) is 5.75 Å². The zero-order chi connectivity index (χ0) is 19.8. The fourth-order valence-corrected chi connectivity index (χ4v) is 2.79. The van der Waals surface area contributed by atoms with Crippen LogP contribution in [0.4, 0.5) is 17.1 Å². The lowest BCUT2D eigenvalue weighted by atomic mass is 10.2. The van der Waals surface area contributed by atoms with Crippen LogP contribution in [0.3, 0.4) is 0 Å². The highest BCUT2D eigenvalue weighted by atomic mass is 35.5. The lowest BCUT2D eigenvalue weighted by Gasteiger charge is -2.13. The molecule has 5 heteroatoms. The fourth-order valence-electron chi connectivity index (χ4n) is 2.66. The summed E-state index contributed by atoms with van der Waals surface area (Å²) in [6.07, 6.45) is 1.01. The molecule has 1 amide bonds. The normalized spacial score (nSPS) is 10.4. The standard InChI is InChI=1S/C23H23ClN2O2/c1-17-8-12-19(13-9-17)25-21-5-2-3-6-22(21)26-23(27)7-4-16-28-20-14-10-18(24)11-15-20/h2-3,5-6,8-15,25H,4,7,16H2,1H3,(H,26,27). The average Bonchev–Trinajstić information content (AvgIpc) is 2.70. The minimum atomic E-state index is -0.0436. The van der Waals surface area contributed by atoms with Crippen molar-refractivity contribution < 1.29 is 9.53 Å². The van der Waals surface area contributed by atoms with Crippen molar-refractivity contribution in [3.63, 3.8) is 0 Å². The summed E-state index contributed by atoms with van der Waals surface area (Å²) in [5, 5.41) is 6.99. The molecule has 0 aliphatic carbocycles. The number of anilines is 3. The Bertz CT molecular complexity index is 909. The van der Waals surface area contributed by atoms with E-state index in [1.165, 1.54) is 5.56 Å². The van der Waals surface area contributed by atoms with Crippen molar-refractivity contribution in [3.05, 3.63) is 83.4 Å². The fraction of sp³-hybridized carbons (Fsp3) is 0.174. The number of aryl methyl sites for hydroxylation is 1. The monoisotopic (exact) mass is 394 g/mol. The molecule has 0 aliphatic heterocycles. The van der Waals surface area contributed by atoms with Crippen LogP contribution in [0.25, 0.3) is 0 Å². The number of hydrogen-bond acceptors (Lipinski definition) is 3. The molecule has 0 unspecified atom stereocenters. The molecule has 3 aromatic carbocycles. The molecule has 0 fully saturated rings. The number of amides is 1. The zero-order valence-corrected chi connectivity index (χ0v) is 16.5. The summed E-state index contributed by atoms with van der Waals surface area (Å²) in [6, 6.07) is 23.0. The van der Waals surface area contributed by atoms with Gasteiger partial charge in [0.2, 0.25) is 5.91 Å². The maximum absolute atomic E-state index is 12.3. The summed E-state index contributed by atoms with van der Waals surface area (Å²) in [5.41, 5.74) is 3.79. The Kier molecular flexibility index (Phi) is 6.93. The van der Waals surface area contributed by atoms with E-state index in [0.717, 1.165) is 22.8 Å². The van der Waals surface area contributed by atoms with Crippen LogP contribution in [0.5, 0.6) is 5.75 Å². The Morgan fingerprint density at radius 1 is 0.929 bits per heavy atom. The van der Waals surface area contributed by atoms with Gasteiger partial charge in [0.25, 0.3) is 0 Å². The summed E-state index contributed by atoms with van der Waals surface area (Å²) in [5.74, 6) is 0.704. The van der Waals surface area contributed by atoms with Crippen LogP contribution in [0, 0.1) is 6.92 Å². The number of para-hydroxylation sites is 2. The van der Waals surface area contributed by atoms with Gasteiger partial charge in [0.15, 0.2) is 0 Å². The molecule has 4 nitrogen and oxygen atoms in total. The Morgan fingerprint density at radius 3 is 2.32 bits per heavy atom. The molecule has 0 radical (unpaired) electrons. The van der Waals surface area contributed by atoms with E-state index in [0.29, 0.717) is 24.5 Å². The van der Waals surface area contributed by atoms with Crippen LogP contribution in [-0.2, 0) is 4.79 Å². The molecule has 0 spiro atoms. The van der Waals surface area contributed by atoms with Gasteiger partial charge in [-0.2, -0.15) is 0 Å². The molecule has 28 heavy (non-hydrogen) atoms. The van der Waals surface area contributed by atoms with Gasteiger partial charge in [-0.1, -0.05) is 41.4 Å². The van der Waals surface area contributed by atoms with E-state index < -0.39 is 0 Å². The molecule has 0 aromatic heterocycles. The molecule has 0 heterocycles. The van der Waals surface area contributed by atoms with Gasteiger partial charge in [-0.3, -0.25) is 4.79 Å². The van der Waals surface area contributed by atoms with Crippen molar-refractivity contribution >= 4 is 34.6 Å². The third kappa shape index (κ3) is 6.03. The van der Waals surface area contributed by atoms with Crippen molar-refractivity contribution in [2.75, 3.05) is 17.2 Å². The number of rotatable bonds is 8. The Hall–Kier alpha value is -2.98. The maximum Gasteiger partial charge on any atom is 0.224 e. The molecule has 0 atom stereocenters. The molecule has 0 saturated heterocycles. The number of carbonyl (C=O) groups is 1. The second kappa shape index (κ2) is 9.81. The van der Waals surface area contributed by atoms with Gasteiger partial charge in [-0.25, -0.2) is 0 Å². The predicted molar refractivity (Wildman–Crippen MR) is 116 cm³/mol. The zero-order valence-electron chi connectivity index (χ0n) is 15.7. The topological polar surface area (TPSA) is 50.4 Å². The van der Waals surface area contributed by atoms with Crippen LogP contribution < -0.4 is 15.4 Å². The van der Waals surface area contributed by atoms with Crippen LogP contribution >= 0.6 is 11.6 Å². The van der Waals surface area contributed by atoms with Crippen LogP contribution in [0.1, 0.15) is 18.4 Å². The van der Waals surface area contributed by atoms with Gasteiger partial charge in [0.1, 0.15) is 5.75 Å². The Morgan fingerprint density at radius 2 is 1.61 bits per heavy atom. The average molecular weight is 395 g/mol. The van der Waals surface area contributed by atoms with E-state index in [1.54, 1.807) is 12.1 Å². The summed E-state index contributed by atoms with van der Waals surface area (Å²) in [4.78, 5) is 12.3. The lowest BCUT2D eigenvalue weighted by Crippen LogP contribution is -2.13. The highest BCUT2D eigenvalue weighted by molar-refractivity contribution is 6.30. The Balaban J connectivity index is 1.49. The minimum absolute atomic E-state index is 0.0436. The van der Waals surface area contributed by atoms with Crippen LogP contribution in [-0.4, -0.2) is 12.5 Å². The van der Waals surface area contributed by atoms with E-state index >= 15 is 0 Å². The van der Waals surface area contributed by atoms with Crippen LogP contribution in [0.2, 0.25) is 5.02 Å². The van der Waals surface area contributed by atoms with Gasteiger partial charge in [0, 0.05) is 17.1 Å². The predicted octanol–water partition coefficient (Wildman–Crippen LogP) is 6.19. The number of halogens is 1. The molecule has 0 saturated carbocycles. The summed E-state index contributed by atoms with van der Waals surface area (Å²) in [7, 11) is 0. The van der Waals surface area contributed by atoms with E-state index in [9.17, 15) is 4.79 Å². The first-order chi connectivity index (χ1) is 13.6. The van der Waals surface area contributed by atoms with E-state index in [2.05, 4.69) is 17.6 Å². The second-order valence-electron chi connectivity index (χ2n) is 6.49. The van der Waals surface area contributed by atoms with Gasteiger partial charge in [-0.15, -0.1) is 0 Å². The van der Waals surface area contributed by atoms with Crippen molar-refractivity contribution in [1.29, 1.82) is 0 Å². The number of benzene rings is 3. The molecule has 0 bridgehead atoms. The van der Waals surface area contributed by atoms with Crippen LogP contribution in [0.15, 0.2) is 72.8 Å². The van der Waals surface area contributed by atoms with E-state index in [4.69, 9.17) is 16.3 Å². The quantitative estimate of drug-likeness (QED) is 0.448. The SMILES string of the molecule is Cc1ccc(Nc2ccccc2NC(=O)CCCOc2ccc(Cl)cc2)cc1. The summed E-state index contributed by atoms with van der Waals surface area (Å²) < 4.78 is 5.62. The van der Waals surface area contributed by atoms with Crippen molar-refractivity contribution in [2.45, 2.75) is 19.8 Å². The van der Waals surface area contributed by atoms with Gasteiger partial charge in [-0.05, 0) is 61.9 Å². The molecule has 2 N–H and O–H groups in total. The molecular formula is C23H23ClN2O2. The first kappa shape index (κ1) is 19.8. The third-order valence-electron chi connectivity index (χ3n) is 4.16. The number of ether oxygens (including phenoxy) is 1. The molecule has 0 aliphatic rings. The molecular weight excluding hydrogens is 372 g/mol. The van der Waals surface area contributed by atoms with Crippen molar-refractivity contribution in [2.24, 2.45) is 0 Å². The molecule has 144 valence electrons. The summed E-state index contributed by atoms with van der Waals surface area (Å²) >= 11 is 5.85. The first-order valence-corrected chi connectivity index (χ1v) is 9.59. The largest absolute Gasteiger partial charge is 0.494 e. The van der Waals surface area contributed by atoms with E-state index in [1.807, 2.05) is 60.7 Å². The minimum Gasteiger partial charge on any atom is -0.494 e. The second-order valence-corrected chi connectivity index (χ2v) is 6.93. The van der Waals surface area contributed by atoms with Gasteiger partial charge < -0.3 is 15.4 Å². The van der Waals surface area contributed by atoms with Crippen molar-refractivity contribution in [1.82, 2.24) is 0 Å². The lowest BCUT2D eigenvalue weighted by molar-refractivity contribution is -0.116. The number of nitrogens with one attached hydrogen (secondary N) is 2.